The van der Waals surface area contributed by atoms with Crippen LogP contribution < -0.4 is 5.32 Å². The Bertz CT molecular complexity index is 686. The number of hydrogen-bond donors (Lipinski definition) is 2. The van der Waals surface area contributed by atoms with Gasteiger partial charge in [-0.05, 0) is 24.5 Å². The van der Waals surface area contributed by atoms with Crippen LogP contribution in [0.25, 0.3) is 0 Å². The van der Waals surface area contributed by atoms with Crippen LogP contribution in [-0.2, 0) is 14.6 Å². The van der Waals surface area contributed by atoms with E-state index < -0.39 is 33.1 Å². The van der Waals surface area contributed by atoms with Gasteiger partial charge in [0.15, 0.2) is 9.84 Å². The molecule has 1 heterocycles. The second kappa shape index (κ2) is 5.80. The molecule has 1 aliphatic rings. The Morgan fingerprint density at radius 2 is 2.10 bits per heavy atom. The standard InChI is InChI=1S/C13H14FNO5S/c14-9-2-1-3-10(12(9)13(17)18)15-11(16)6-8-4-5-21(19,20)7-8/h1-3,8H,4-7H2,(H,15,16)(H,17,18). The molecule has 1 atom stereocenters. The minimum atomic E-state index is -3.08. The van der Waals surface area contributed by atoms with Crippen molar-refractivity contribution in [3.63, 3.8) is 0 Å². The van der Waals surface area contributed by atoms with Crippen LogP contribution in [-0.4, -0.2) is 36.9 Å². The van der Waals surface area contributed by atoms with E-state index in [0.717, 1.165) is 6.07 Å². The summed E-state index contributed by atoms with van der Waals surface area (Å²) >= 11 is 0. The van der Waals surface area contributed by atoms with Crippen molar-refractivity contribution >= 4 is 27.4 Å². The van der Waals surface area contributed by atoms with Crippen LogP contribution in [0, 0.1) is 11.7 Å². The van der Waals surface area contributed by atoms with E-state index in [2.05, 4.69) is 5.32 Å². The molecule has 1 unspecified atom stereocenters. The number of carboxylic acid groups (broad SMARTS) is 1. The van der Waals surface area contributed by atoms with E-state index in [4.69, 9.17) is 5.11 Å². The predicted octanol–water partition coefficient (Wildman–Crippen LogP) is 1.29. The van der Waals surface area contributed by atoms with Crippen LogP contribution in [0.1, 0.15) is 23.2 Å². The first kappa shape index (κ1) is 15.4. The summed E-state index contributed by atoms with van der Waals surface area (Å²) in [4.78, 5) is 22.8. The van der Waals surface area contributed by atoms with E-state index >= 15 is 0 Å². The summed E-state index contributed by atoms with van der Waals surface area (Å²) in [5.41, 5.74) is -0.738. The van der Waals surface area contributed by atoms with Gasteiger partial charge in [0, 0.05) is 6.42 Å². The summed E-state index contributed by atoms with van der Waals surface area (Å²) in [5, 5.41) is 11.3. The number of amides is 1. The maximum Gasteiger partial charge on any atom is 0.340 e. The SMILES string of the molecule is O=C(CC1CCS(=O)(=O)C1)Nc1cccc(F)c1C(=O)O. The van der Waals surface area contributed by atoms with Crippen molar-refractivity contribution in [2.75, 3.05) is 16.8 Å². The Hall–Kier alpha value is -1.96. The molecule has 21 heavy (non-hydrogen) atoms. The van der Waals surface area contributed by atoms with Crippen LogP contribution in [0.5, 0.6) is 0 Å². The minimum Gasteiger partial charge on any atom is -0.478 e. The van der Waals surface area contributed by atoms with Crippen LogP contribution in [0.2, 0.25) is 0 Å². The summed E-state index contributed by atoms with van der Waals surface area (Å²) in [7, 11) is -3.08. The molecule has 0 saturated carbocycles. The molecule has 1 aromatic rings. The molecular formula is C13H14FNO5S. The quantitative estimate of drug-likeness (QED) is 0.872. The lowest BCUT2D eigenvalue weighted by atomic mass is 10.0. The lowest BCUT2D eigenvalue weighted by Gasteiger charge is -2.11. The highest BCUT2D eigenvalue weighted by Gasteiger charge is 2.29. The van der Waals surface area contributed by atoms with Gasteiger partial charge in [0.1, 0.15) is 11.4 Å². The fourth-order valence-corrected chi connectivity index (χ4v) is 4.20. The maximum atomic E-state index is 13.4. The fourth-order valence-electron chi connectivity index (χ4n) is 2.34. The van der Waals surface area contributed by atoms with Crippen LogP contribution in [0.4, 0.5) is 10.1 Å². The zero-order valence-corrected chi connectivity index (χ0v) is 11.8. The highest BCUT2D eigenvalue weighted by atomic mass is 32.2. The lowest BCUT2D eigenvalue weighted by molar-refractivity contribution is -0.116. The highest BCUT2D eigenvalue weighted by Crippen LogP contribution is 2.23. The molecule has 114 valence electrons. The monoisotopic (exact) mass is 315 g/mol. The number of sulfone groups is 1. The molecule has 2 N–H and O–H groups in total. The first-order chi connectivity index (χ1) is 9.78. The highest BCUT2D eigenvalue weighted by molar-refractivity contribution is 7.91. The molecule has 2 rings (SSSR count). The Kier molecular flexibility index (Phi) is 4.26. The zero-order chi connectivity index (χ0) is 15.6. The number of aromatic carboxylic acids is 1. The van der Waals surface area contributed by atoms with Gasteiger partial charge >= 0.3 is 5.97 Å². The van der Waals surface area contributed by atoms with E-state index in [1.54, 1.807) is 0 Å². The Labute approximate surface area is 120 Å². The number of rotatable bonds is 4. The summed E-state index contributed by atoms with van der Waals surface area (Å²) in [6, 6.07) is 3.57. The Balaban J connectivity index is 2.07. The number of halogens is 1. The fraction of sp³-hybridized carbons (Fsp3) is 0.385. The number of anilines is 1. The second-order valence-electron chi connectivity index (χ2n) is 4.99. The zero-order valence-electron chi connectivity index (χ0n) is 11.0. The average molecular weight is 315 g/mol. The van der Waals surface area contributed by atoms with Gasteiger partial charge in [-0.1, -0.05) is 6.07 Å². The van der Waals surface area contributed by atoms with Gasteiger partial charge in [-0.15, -0.1) is 0 Å². The molecule has 1 aromatic carbocycles. The third-order valence-corrected chi connectivity index (χ3v) is 5.14. The Morgan fingerprint density at radius 3 is 2.67 bits per heavy atom. The van der Waals surface area contributed by atoms with Gasteiger partial charge in [-0.25, -0.2) is 17.6 Å². The van der Waals surface area contributed by atoms with Crippen molar-refractivity contribution < 1.29 is 27.5 Å². The number of carboxylic acids is 1. The first-order valence-corrected chi connectivity index (χ1v) is 8.13. The van der Waals surface area contributed by atoms with Crippen molar-refractivity contribution in [2.24, 2.45) is 5.92 Å². The molecular weight excluding hydrogens is 301 g/mol. The number of carbonyl (C=O) groups is 2. The summed E-state index contributed by atoms with van der Waals surface area (Å²) in [6.45, 7) is 0. The lowest BCUT2D eigenvalue weighted by Crippen LogP contribution is -2.19. The summed E-state index contributed by atoms with van der Waals surface area (Å²) < 4.78 is 36.1. The third kappa shape index (κ3) is 3.78. The molecule has 1 amide bonds. The molecule has 8 heteroatoms. The molecule has 1 saturated heterocycles. The summed E-state index contributed by atoms with van der Waals surface area (Å²) in [5.74, 6) is -3.21. The Morgan fingerprint density at radius 1 is 1.38 bits per heavy atom. The van der Waals surface area contributed by atoms with Gasteiger partial charge in [0.05, 0.1) is 17.2 Å². The van der Waals surface area contributed by atoms with Gasteiger partial charge in [0.25, 0.3) is 0 Å². The molecule has 0 bridgehead atoms. The van der Waals surface area contributed by atoms with Gasteiger partial charge in [-0.2, -0.15) is 0 Å². The minimum absolute atomic E-state index is 0.0329. The maximum absolute atomic E-state index is 13.4. The van der Waals surface area contributed by atoms with Crippen molar-refractivity contribution in [3.05, 3.63) is 29.6 Å². The van der Waals surface area contributed by atoms with Crippen molar-refractivity contribution in [2.45, 2.75) is 12.8 Å². The molecule has 6 nitrogen and oxygen atoms in total. The predicted molar refractivity (Wildman–Crippen MR) is 73.4 cm³/mol. The van der Waals surface area contributed by atoms with Crippen molar-refractivity contribution in [3.8, 4) is 0 Å². The molecule has 1 fully saturated rings. The van der Waals surface area contributed by atoms with E-state index in [0.29, 0.717) is 6.42 Å². The molecule has 0 aliphatic carbocycles. The number of benzene rings is 1. The van der Waals surface area contributed by atoms with Crippen molar-refractivity contribution in [1.82, 2.24) is 0 Å². The summed E-state index contributed by atoms with van der Waals surface area (Å²) in [6.07, 6.45) is 0.374. The smallest absolute Gasteiger partial charge is 0.340 e. The molecule has 0 spiro atoms. The second-order valence-corrected chi connectivity index (χ2v) is 7.22. The first-order valence-electron chi connectivity index (χ1n) is 6.30. The van der Waals surface area contributed by atoms with Gasteiger partial charge in [0.2, 0.25) is 5.91 Å². The normalized spacial score (nSPS) is 20.1. The van der Waals surface area contributed by atoms with Crippen LogP contribution >= 0.6 is 0 Å². The van der Waals surface area contributed by atoms with E-state index in [1.165, 1.54) is 12.1 Å². The number of hydrogen-bond acceptors (Lipinski definition) is 4. The third-order valence-electron chi connectivity index (χ3n) is 3.30. The average Bonchev–Trinajstić information content (AvgIpc) is 2.67. The number of nitrogens with one attached hydrogen (secondary N) is 1. The largest absolute Gasteiger partial charge is 0.478 e. The molecule has 0 aromatic heterocycles. The van der Waals surface area contributed by atoms with Crippen molar-refractivity contribution in [1.29, 1.82) is 0 Å². The van der Waals surface area contributed by atoms with E-state index in [1.807, 2.05) is 0 Å². The van der Waals surface area contributed by atoms with Crippen LogP contribution in [0.3, 0.4) is 0 Å². The van der Waals surface area contributed by atoms with E-state index in [-0.39, 0.29) is 29.5 Å². The number of carbonyl (C=O) groups excluding carboxylic acids is 1. The molecule has 0 radical (unpaired) electrons. The van der Waals surface area contributed by atoms with Gasteiger partial charge < -0.3 is 10.4 Å². The van der Waals surface area contributed by atoms with Crippen LogP contribution in [0.15, 0.2) is 18.2 Å². The molecule has 1 aliphatic heterocycles. The van der Waals surface area contributed by atoms with Gasteiger partial charge in [-0.3, -0.25) is 4.79 Å². The van der Waals surface area contributed by atoms with E-state index in [9.17, 15) is 22.4 Å². The topological polar surface area (TPSA) is 101 Å².